The molecule has 1 unspecified atom stereocenters. The molecule has 4 heteroatoms. The molecule has 0 saturated carbocycles. The van der Waals surface area contributed by atoms with Crippen molar-refractivity contribution in [2.75, 3.05) is 20.2 Å². The van der Waals surface area contributed by atoms with Crippen LogP contribution in [0.5, 0.6) is 11.5 Å². The minimum atomic E-state index is -0.523. The van der Waals surface area contributed by atoms with Gasteiger partial charge in [0.05, 0.1) is 7.11 Å². The molecule has 1 heterocycles. The molecule has 1 atom stereocenters. The molecule has 2 rings (SSSR count). The van der Waals surface area contributed by atoms with Crippen molar-refractivity contribution in [3.63, 3.8) is 0 Å². The smallest absolute Gasteiger partial charge is 0.196 e. The number of phenols is 1. The van der Waals surface area contributed by atoms with Crippen LogP contribution in [0.1, 0.15) is 17.9 Å². The number of hydrogen-bond donors (Lipinski definition) is 2. The van der Waals surface area contributed by atoms with Crippen molar-refractivity contribution in [3.8, 4) is 11.5 Å². The lowest BCUT2D eigenvalue weighted by atomic mass is 9.97. The van der Waals surface area contributed by atoms with E-state index in [4.69, 9.17) is 4.74 Å². The minimum Gasteiger partial charge on any atom is -0.504 e. The molecule has 15 heavy (non-hydrogen) atoms. The summed E-state index contributed by atoms with van der Waals surface area (Å²) in [6.07, 6.45) is 0.961. The van der Waals surface area contributed by atoms with Crippen LogP contribution in [0.2, 0.25) is 0 Å². The lowest BCUT2D eigenvalue weighted by Gasteiger charge is -2.13. The van der Waals surface area contributed by atoms with Crippen LogP contribution >= 0.6 is 0 Å². The third kappa shape index (κ3) is 1.77. The molecule has 1 aromatic carbocycles. The highest BCUT2D eigenvalue weighted by Crippen LogP contribution is 2.38. The molecule has 82 valence electrons. The SMILES string of the molecule is COc1c(F)ccc(C2CCNC2)c1O. The van der Waals surface area contributed by atoms with Crippen molar-refractivity contribution in [1.29, 1.82) is 0 Å². The van der Waals surface area contributed by atoms with Gasteiger partial charge < -0.3 is 15.2 Å². The average molecular weight is 211 g/mol. The molecule has 1 aliphatic heterocycles. The number of ether oxygens (including phenoxy) is 1. The summed E-state index contributed by atoms with van der Waals surface area (Å²) in [7, 11) is 1.36. The normalized spacial score (nSPS) is 20.5. The van der Waals surface area contributed by atoms with Gasteiger partial charge in [-0.2, -0.15) is 0 Å². The Morgan fingerprint density at radius 1 is 1.53 bits per heavy atom. The van der Waals surface area contributed by atoms with Crippen molar-refractivity contribution in [1.82, 2.24) is 5.32 Å². The van der Waals surface area contributed by atoms with Gasteiger partial charge in [0.2, 0.25) is 0 Å². The minimum absolute atomic E-state index is 0.0561. The van der Waals surface area contributed by atoms with Gasteiger partial charge in [-0.05, 0) is 19.0 Å². The van der Waals surface area contributed by atoms with Crippen LogP contribution in [0.25, 0.3) is 0 Å². The Bertz CT molecular complexity index is 362. The van der Waals surface area contributed by atoms with Crippen LogP contribution in [0, 0.1) is 5.82 Å². The molecule has 2 N–H and O–H groups in total. The summed E-state index contributed by atoms with van der Waals surface area (Å²) in [5, 5.41) is 13.0. The summed E-state index contributed by atoms with van der Waals surface area (Å²) in [6, 6.07) is 2.97. The topological polar surface area (TPSA) is 41.5 Å². The highest BCUT2D eigenvalue weighted by atomic mass is 19.1. The second kappa shape index (κ2) is 4.06. The molecule has 0 spiro atoms. The van der Waals surface area contributed by atoms with E-state index in [9.17, 15) is 9.50 Å². The predicted molar refractivity (Wildman–Crippen MR) is 54.8 cm³/mol. The van der Waals surface area contributed by atoms with E-state index in [2.05, 4.69) is 5.32 Å². The summed E-state index contributed by atoms with van der Waals surface area (Å²) in [5.74, 6) is -0.394. The third-order valence-electron chi connectivity index (χ3n) is 2.82. The number of aromatic hydroxyl groups is 1. The zero-order chi connectivity index (χ0) is 10.8. The van der Waals surface area contributed by atoms with Crippen LogP contribution in [0.3, 0.4) is 0 Å². The Labute approximate surface area is 87.9 Å². The van der Waals surface area contributed by atoms with E-state index < -0.39 is 5.82 Å². The summed E-state index contributed by atoms with van der Waals surface area (Å²) in [5.41, 5.74) is 0.762. The number of hydrogen-bond acceptors (Lipinski definition) is 3. The predicted octanol–water partition coefficient (Wildman–Crippen LogP) is 1.62. The van der Waals surface area contributed by atoms with Gasteiger partial charge in [-0.3, -0.25) is 0 Å². The fourth-order valence-corrected chi connectivity index (χ4v) is 2.01. The molecular weight excluding hydrogens is 197 g/mol. The fourth-order valence-electron chi connectivity index (χ4n) is 2.01. The van der Waals surface area contributed by atoms with Gasteiger partial charge in [-0.15, -0.1) is 0 Å². The quantitative estimate of drug-likeness (QED) is 0.781. The monoisotopic (exact) mass is 211 g/mol. The zero-order valence-corrected chi connectivity index (χ0v) is 8.59. The van der Waals surface area contributed by atoms with Gasteiger partial charge in [0.25, 0.3) is 0 Å². The van der Waals surface area contributed by atoms with Gasteiger partial charge in [-0.1, -0.05) is 6.07 Å². The van der Waals surface area contributed by atoms with Crippen LogP contribution in [0.15, 0.2) is 12.1 Å². The zero-order valence-electron chi connectivity index (χ0n) is 8.59. The number of methoxy groups -OCH3 is 1. The average Bonchev–Trinajstić information content (AvgIpc) is 2.71. The number of nitrogens with one attached hydrogen (secondary N) is 1. The van der Waals surface area contributed by atoms with E-state index in [0.29, 0.717) is 0 Å². The molecule has 1 aromatic rings. The van der Waals surface area contributed by atoms with Crippen LogP contribution in [0.4, 0.5) is 4.39 Å². The molecular formula is C11H14FNO2. The van der Waals surface area contributed by atoms with Crippen molar-refractivity contribution in [2.45, 2.75) is 12.3 Å². The van der Waals surface area contributed by atoms with E-state index in [-0.39, 0.29) is 17.4 Å². The maximum atomic E-state index is 13.2. The molecule has 0 radical (unpaired) electrons. The molecule has 3 nitrogen and oxygen atoms in total. The number of halogens is 1. The van der Waals surface area contributed by atoms with Crippen LogP contribution in [-0.4, -0.2) is 25.3 Å². The molecule has 0 aliphatic carbocycles. The van der Waals surface area contributed by atoms with E-state index in [0.717, 1.165) is 25.1 Å². The van der Waals surface area contributed by atoms with Crippen molar-refractivity contribution >= 4 is 0 Å². The number of rotatable bonds is 2. The standard InChI is InChI=1S/C11H14FNO2/c1-15-11-9(12)3-2-8(10(11)14)7-4-5-13-6-7/h2-3,7,13-14H,4-6H2,1H3. The largest absolute Gasteiger partial charge is 0.504 e. The van der Waals surface area contributed by atoms with Crippen LogP contribution in [-0.2, 0) is 0 Å². The molecule has 0 amide bonds. The fraction of sp³-hybridized carbons (Fsp3) is 0.455. The molecule has 1 fully saturated rings. The first-order valence-electron chi connectivity index (χ1n) is 5.00. The van der Waals surface area contributed by atoms with E-state index in [1.807, 2.05) is 0 Å². The molecule has 0 bridgehead atoms. The molecule has 1 saturated heterocycles. The Morgan fingerprint density at radius 3 is 2.93 bits per heavy atom. The second-order valence-corrected chi connectivity index (χ2v) is 3.71. The van der Waals surface area contributed by atoms with Crippen molar-refractivity contribution in [3.05, 3.63) is 23.5 Å². The lowest BCUT2D eigenvalue weighted by Crippen LogP contribution is -2.08. The first-order valence-corrected chi connectivity index (χ1v) is 5.00. The van der Waals surface area contributed by atoms with Crippen LogP contribution < -0.4 is 10.1 Å². The lowest BCUT2D eigenvalue weighted by molar-refractivity contribution is 0.347. The first-order chi connectivity index (χ1) is 7.24. The Morgan fingerprint density at radius 2 is 2.33 bits per heavy atom. The number of benzene rings is 1. The van der Waals surface area contributed by atoms with E-state index >= 15 is 0 Å². The second-order valence-electron chi connectivity index (χ2n) is 3.71. The van der Waals surface area contributed by atoms with Crippen molar-refractivity contribution < 1.29 is 14.2 Å². The first kappa shape index (κ1) is 10.2. The highest BCUT2D eigenvalue weighted by molar-refractivity contribution is 5.48. The summed E-state index contributed by atoms with van der Waals surface area (Å²) >= 11 is 0. The molecule has 1 aliphatic rings. The van der Waals surface area contributed by atoms with Gasteiger partial charge in [0.1, 0.15) is 0 Å². The van der Waals surface area contributed by atoms with Crippen molar-refractivity contribution in [2.24, 2.45) is 0 Å². The van der Waals surface area contributed by atoms with Gasteiger partial charge in [-0.25, -0.2) is 4.39 Å². The maximum absolute atomic E-state index is 13.2. The third-order valence-corrected chi connectivity index (χ3v) is 2.82. The van der Waals surface area contributed by atoms with Gasteiger partial charge in [0, 0.05) is 18.0 Å². The maximum Gasteiger partial charge on any atom is 0.196 e. The summed E-state index contributed by atoms with van der Waals surface area (Å²) < 4.78 is 18.0. The molecule has 0 aromatic heterocycles. The van der Waals surface area contributed by atoms with Gasteiger partial charge >= 0.3 is 0 Å². The Hall–Kier alpha value is -1.29. The Balaban J connectivity index is 2.39. The summed E-state index contributed by atoms with van der Waals surface area (Å²) in [6.45, 7) is 1.76. The van der Waals surface area contributed by atoms with E-state index in [1.54, 1.807) is 6.07 Å². The number of phenolic OH excluding ortho intramolecular Hbond substituents is 1. The van der Waals surface area contributed by atoms with E-state index in [1.165, 1.54) is 13.2 Å². The van der Waals surface area contributed by atoms with Gasteiger partial charge in [0.15, 0.2) is 17.3 Å². The highest BCUT2D eigenvalue weighted by Gasteiger charge is 2.23. The summed E-state index contributed by atoms with van der Waals surface area (Å²) in [4.78, 5) is 0. The Kier molecular flexibility index (Phi) is 2.77.